The maximum Gasteiger partial charge on any atom is 0.326 e. The van der Waals surface area contributed by atoms with Gasteiger partial charge in [0.25, 0.3) is 5.91 Å². The van der Waals surface area contributed by atoms with E-state index in [1.54, 1.807) is 13.2 Å². The number of carboxylic acid groups (broad SMARTS) is 1. The third-order valence-corrected chi connectivity index (χ3v) is 9.72. The van der Waals surface area contributed by atoms with Crippen LogP contribution in [0.5, 0.6) is 0 Å². The topological polar surface area (TPSA) is 122 Å². The number of benzene rings is 2. The van der Waals surface area contributed by atoms with E-state index >= 15 is 0 Å². The molecule has 1 saturated carbocycles. The summed E-state index contributed by atoms with van der Waals surface area (Å²) >= 11 is 0. The van der Waals surface area contributed by atoms with E-state index in [1.807, 2.05) is 43.3 Å². The molecule has 1 unspecified atom stereocenters. The summed E-state index contributed by atoms with van der Waals surface area (Å²) in [6, 6.07) is 12.3. The van der Waals surface area contributed by atoms with Gasteiger partial charge in [0.05, 0.1) is 18.5 Å². The average molecular weight is 615 g/mol. The fourth-order valence-corrected chi connectivity index (χ4v) is 6.91. The second-order valence-corrected chi connectivity index (χ2v) is 14.5. The van der Waals surface area contributed by atoms with Crippen LogP contribution in [0.15, 0.2) is 42.5 Å². The van der Waals surface area contributed by atoms with E-state index in [0.717, 1.165) is 42.5 Å². The van der Waals surface area contributed by atoms with Crippen molar-refractivity contribution in [3.8, 4) is 11.1 Å². The molecule has 1 aliphatic heterocycles. The number of carboxylic acids is 1. The van der Waals surface area contributed by atoms with E-state index in [1.165, 1.54) is 32.1 Å². The van der Waals surface area contributed by atoms with Gasteiger partial charge in [-0.25, -0.2) is 13.2 Å². The molecule has 2 N–H and O–H groups in total. The summed E-state index contributed by atoms with van der Waals surface area (Å²) in [7, 11) is -1.64. The molecule has 0 radical (unpaired) electrons. The van der Waals surface area contributed by atoms with Crippen molar-refractivity contribution in [2.75, 3.05) is 38.9 Å². The highest BCUT2D eigenvalue weighted by molar-refractivity contribution is 7.90. The van der Waals surface area contributed by atoms with Crippen molar-refractivity contribution in [3.63, 3.8) is 0 Å². The first-order valence-electron chi connectivity index (χ1n) is 15.3. The Morgan fingerprint density at radius 2 is 1.81 bits per heavy atom. The first-order chi connectivity index (χ1) is 20.5. The third-order valence-electron chi connectivity index (χ3n) is 8.74. The SMILES string of the molecule is COC1C[C@H](COCC2CCCCC2)N(Cc2ccc(C(=O)N[C@@H](CCS(C)(=O)=O)C(=O)O)c(-c3ccccc3C)c2)C1. The summed E-state index contributed by atoms with van der Waals surface area (Å²) in [6.07, 6.45) is 8.29. The molecule has 4 rings (SSSR count). The number of sulfone groups is 1. The molecular formula is C33H46N2O7S. The monoisotopic (exact) mass is 614 g/mol. The molecule has 10 heteroatoms. The second kappa shape index (κ2) is 15.3. The minimum Gasteiger partial charge on any atom is -0.480 e. The first-order valence-corrected chi connectivity index (χ1v) is 17.3. The molecule has 2 aliphatic rings. The van der Waals surface area contributed by atoms with Crippen molar-refractivity contribution in [3.05, 3.63) is 59.2 Å². The maximum absolute atomic E-state index is 13.5. The van der Waals surface area contributed by atoms with Gasteiger partial charge in [0.2, 0.25) is 0 Å². The Morgan fingerprint density at radius 1 is 1.07 bits per heavy atom. The molecule has 2 fully saturated rings. The number of methoxy groups -OCH3 is 1. The number of carbonyl (C=O) groups excluding carboxylic acids is 1. The van der Waals surface area contributed by atoms with E-state index < -0.39 is 27.8 Å². The molecule has 1 amide bonds. The Morgan fingerprint density at radius 3 is 2.49 bits per heavy atom. The number of hydrogen-bond acceptors (Lipinski definition) is 7. The standard InChI is InChI=1S/C33H46N2O7S/c1-23-9-7-8-12-28(23)30-17-25(13-14-29(30)32(36)34-31(33(37)38)15-16-43(3,39)40)19-35-20-27(41-2)18-26(35)22-42-21-24-10-5-4-6-11-24/h7-9,12-14,17,24,26-27,31H,4-6,10-11,15-16,18-22H2,1-3H3,(H,34,36)(H,37,38)/t26-,27?,31+/m1/s1. The molecule has 0 aromatic heterocycles. The highest BCUT2D eigenvalue weighted by Crippen LogP contribution is 2.31. The van der Waals surface area contributed by atoms with Crippen LogP contribution in [0.25, 0.3) is 11.1 Å². The lowest BCUT2D eigenvalue weighted by Gasteiger charge is -2.26. The van der Waals surface area contributed by atoms with Gasteiger partial charge < -0.3 is 19.9 Å². The lowest BCUT2D eigenvalue weighted by Crippen LogP contribution is -2.42. The van der Waals surface area contributed by atoms with E-state index in [-0.39, 0.29) is 24.3 Å². The van der Waals surface area contributed by atoms with Gasteiger partial charge in [0.15, 0.2) is 0 Å². The van der Waals surface area contributed by atoms with Gasteiger partial charge in [0.1, 0.15) is 15.9 Å². The molecule has 0 bridgehead atoms. The van der Waals surface area contributed by atoms with Crippen LogP contribution in [-0.2, 0) is 30.7 Å². The van der Waals surface area contributed by atoms with Gasteiger partial charge in [-0.3, -0.25) is 9.69 Å². The molecular weight excluding hydrogens is 568 g/mol. The summed E-state index contributed by atoms with van der Waals surface area (Å²) in [5.41, 5.74) is 3.92. The number of amides is 1. The van der Waals surface area contributed by atoms with E-state index in [0.29, 0.717) is 30.2 Å². The van der Waals surface area contributed by atoms with Crippen molar-refractivity contribution in [2.24, 2.45) is 5.92 Å². The Bertz CT molecular complexity index is 1360. The summed E-state index contributed by atoms with van der Waals surface area (Å²) in [5, 5.41) is 12.2. The predicted octanol–water partition coefficient (Wildman–Crippen LogP) is 4.47. The number of carbonyl (C=O) groups is 2. The summed E-state index contributed by atoms with van der Waals surface area (Å²) in [5.74, 6) is -1.51. The highest BCUT2D eigenvalue weighted by Gasteiger charge is 2.33. The molecule has 2 aromatic carbocycles. The molecule has 3 atom stereocenters. The number of aliphatic carboxylic acids is 1. The molecule has 43 heavy (non-hydrogen) atoms. The van der Waals surface area contributed by atoms with Crippen LogP contribution in [0, 0.1) is 12.8 Å². The minimum atomic E-state index is -3.39. The van der Waals surface area contributed by atoms with E-state index in [2.05, 4.69) is 10.2 Å². The third kappa shape index (κ3) is 9.60. The molecule has 236 valence electrons. The van der Waals surface area contributed by atoms with Crippen LogP contribution in [0.4, 0.5) is 0 Å². The quantitative estimate of drug-likeness (QED) is 0.320. The Labute approximate surface area is 255 Å². The predicted molar refractivity (Wildman–Crippen MR) is 167 cm³/mol. The number of ether oxygens (including phenoxy) is 2. The smallest absolute Gasteiger partial charge is 0.326 e. The molecule has 1 saturated heterocycles. The highest BCUT2D eigenvalue weighted by atomic mass is 32.2. The Kier molecular flexibility index (Phi) is 11.8. The molecule has 1 heterocycles. The van der Waals surface area contributed by atoms with Gasteiger partial charge in [-0.15, -0.1) is 0 Å². The minimum absolute atomic E-state index is 0.129. The normalized spacial score (nSPS) is 20.6. The largest absolute Gasteiger partial charge is 0.480 e. The van der Waals surface area contributed by atoms with Gasteiger partial charge in [-0.05, 0) is 72.9 Å². The Hall–Kier alpha value is -2.79. The van der Waals surface area contributed by atoms with Gasteiger partial charge >= 0.3 is 5.97 Å². The number of nitrogens with zero attached hydrogens (tertiary/aromatic N) is 1. The lowest BCUT2D eigenvalue weighted by atomic mass is 9.90. The molecule has 1 aliphatic carbocycles. The zero-order valence-corrected chi connectivity index (χ0v) is 26.4. The first kappa shape index (κ1) is 33.1. The van der Waals surface area contributed by atoms with Crippen molar-refractivity contribution in [1.29, 1.82) is 0 Å². The van der Waals surface area contributed by atoms with Crippen LogP contribution >= 0.6 is 0 Å². The average Bonchev–Trinajstić information content (AvgIpc) is 3.36. The zero-order chi connectivity index (χ0) is 31.0. The van der Waals surface area contributed by atoms with Gasteiger partial charge in [-0.2, -0.15) is 0 Å². The van der Waals surface area contributed by atoms with Crippen molar-refractivity contribution >= 4 is 21.7 Å². The maximum atomic E-state index is 13.5. The van der Waals surface area contributed by atoms with Gasteiger partial charge in [-0.1, -0.05) is 49.6 Å². The van der Waals surface area contributed by atoms with Crippen molar-refractivity contribution < 1.29 is 32.6 Å². The fourth-order valence-electron chi connectivity index (χ4n) is 6.25. The van der Waals surface area contributed by atoms with E-state index in [9.17, 15) is 23.1 Å². The van der Waals surface area contributed by atoms with Crippen LogP contribution in [-0.4, -0.2) is 87.4 Å². The van der Waals surface area contributed by atoms with E-state index in [4.69, 9.17) is 9.47 Å². The summed E-state index contributed by atoms with van der Waals surface area (Å²) in [4.78, 5) is 27.7. The number of nitrogens with one attached hydrogen (secondary N) is 1. The summed E-state index contributed by atoms with van der Waals surface area (Å²) < 4.78 is 35.2. The van der Waals surface area contributed by atoms with Crippen LogP contribution in [0.2, 0.25) is 0 Å². The number of aryl methyl sites for hydroxylation is 1. The number of rotatable bonds is 14. The summed E-state index contributed by atoms with van der Waals surface area (Å²) in [6.45, 7) is 4.89. The van der Waals surface area contributed by atoms with Crippen LogP contribution in [0.3, 0.4) is 0 Å². The van der Waals surface area contributed by atoms with Gasteiger partial charge in [0, 0.05) is 44.7 Å². The fraction of sp³-hybridized carbons (Fsp3) is 0.576. The zero-order valence-electron chi connectivity index (χ0n) is 25.6. The van der Waals surface area contributed by atoms with Crippen LogP contribution < -0.4 is 5.32 Å². The lowest BCUT2D eigenvalue weighted by molar-refractivity contribution is -0.139. The van der Waals surface area contributed by atoms with Crippen LogP contribution in [0.1, 0.15) is 66.4 Å². The molecule has 0 spiro atoms. The molecule has 2 aromatic rings. The molecule has 9 nitrogen and oxygen atoms in total. The number of likely N-dealkylation sites (tertiary alicyclic amines) is 1. The van der Waals surface area contributed by atoms with Crippen molar-refractivity contribution in [2.45, 2.75) is 76.6 Å². The second-order valence-electron chi connectivity index (χ2n) is 12.2. The number of hydrogen-bond donors (Lipinski definition) is 2. The van der Waals surface area contributed by atoms with Crippen molar-refractivity contribution in [1.82, 2.24) is 10.2 Å². The Balaban J connectivity index is 1.54.